The molecule has 0 aromatic carbocycles. The number of rotatable bonds is 2. The average molecular weight is 162 g/mol. The molecular formula is C6H17ScSi. The maximum absolute atomic E-state index is 2.49. The molecule has 0 aromatic heterocycles. The Morgan fingerprint density at radius 2 is 1.50 bits per heavy atom. The molecule has 0 saturated heterocycles. The molecule has 0 bridgehead atoms. The third-order valence-electron chi connectivity index (χ3n) is 1.02. The van der Waals surface area contributed by atoms with Gasteiger partial charge in [-0.15, -0.1) is 0 Å². The van der Waals surface area contributed by atoms with Crippen LogP contribution in [0.25, 0.3) is 0 Å². The maximum atomic E-state index is 2.49. The Morgan fingerprint density at radius 3 is 1.50 bits per heavy atom. The normalized spacial score (nSPS) is 11.6. The SMILES string of the molecule is [CH3][Sc]([CH3])[CH2][Si](C)(C)C. The van der Waals surface area contributed by atoms with Gasteiger partial charge in [-0.2, -0.15) is 0 Å². The van der Waals surface area contributed by atoms with Crippen molar-refractivity contribution in [2.75, 3.05) is 0 Å². The second-order valence-corrected chi connectivity index (χ2v) is 16.0. The zero-order chi connectivity index (χ0) is 6.78. The van der Waals surface area contributed by atoms with Crippen LogP contribution in [-0.4, -0.2) is 8.07 Å². The third-order valence-corrected chi connectivity index (χ3v) is 12.6. The van der Waals surface area contributed by atoms with Crippen molar-refractivity contribution in [3.8, 4) is 0 Å². The van der Waals surface area contributed by atoms with Gasteiger partial charge in [-0.05, 0) is 0 Å². The van der Waals surface area contributed by atoms with E-state index in [1.807, 2.05) is 0 Å². The van der Waals surface area contributed by atoms with E-state index >= 15 is 0 Å². The van der Waals surface area contributed by atoms with E-state index in [1.54, 1.807) is 3.80 Å². The molecule has 0 rings (SSSR count). The molecule has 0 atom stereocenters. The van der Waals surface area contributed by atoms with Crippen LogP contribution in [0.2, 0.25) is 32.8 Å². The van der Waals surface area contributed by atoms with Gasteiger partial charge in [0.2, 0.25) is 0 Å². The van der Waals surface area contributed by atoms with Gasteiger partial charge < -0.3 is 0 Å². The summed E-state index contributed by atoms with van der Waals surface area (Å²) in [6.45, 7) is 7.41. The first-order chi connectivity index (χ1) is 3.42. The molecule has 0 aliphatic carbocycles. The van der Waals surface area contributed by atoms with Gasteiger partial charge in [0, 0.05) is 0 Å². The van der Waals surface area contributed by atoms with E-state index in [0.29, 0.717) is 0 Å². The van der Waals surface area contributed by atoms with Gasteiger partial charge in [-0.1, -0.05) is 0 Å². The van der Waals surface area contributed by atoms with Crippen LogP contribution in [-0.2, 0) is 21.4 Å². The Balaban J connectivity index is 3.39. The first kappa shape index (κ1) is 9.09. The van der Waals surface area contributed by atoms with Crippen molar-refractivity contribution in [2.24, 2.45) is 0 Å². The topological polar surface area (TPSA) is 0 Å². The minimum absolute atomic E-state index is 0.632. The molecule has 8 heavy (non-hydrogen) atoms. The minimum atomic E-state index is -0.637. The van der Waals surface area contributed by atoms with Crippen LogP contribution < -0.4 is 0 Å². The molecule has 0 radical (unpaired) electrons. The van der Waals surface area contributed by atoms with Crippen LogP contribution in [0.3, 0.4) is 0 Å². The second-order valence-electron chi connectivity index (χ2n) is 4.16. The van der Waals surface area contributed by atoms with Crippen LogP contribution in [0.5, 0.6) is 0 Å². The fraction of sp³-hybridized carbons (Fsp3) is 1.00. The van der Waals surface area contributed by atoms with Crippen molar-refractivity contribution in [2.45, 2.75) is 32.8 Å². The molecule has 0 unspecified atom stereocenters. The Morgan fingerprint density at radius 1 is 1.12 bits per heavy atom. The molecule has 0 aromatic rings. The van der Waals surface area contributed by atoms with Crippen molar-refractivity contribution < 1.29 is 21.4 Å². The summed E-state index contributed by atoms with van der Waals surface area (Å²) in [5.41, 5.74) is 0. The molecular weight excluding hydrogens is 145 g/mol. The van der Waals surface area contributed by atoms with E-state index in [0.717, 1.165) is 0 Å². The Bertz CT molecular complexity index is 63.4. The summed E-state index contributed by atoms with van der Waals surface area (Å²) < 4.78 is 6.64. The van der Waals surface area contributed by atoms with Crippen molar-refractivity contribution >= 4 is 8.07 Å². The van der Waals surface area contributed by atoms with Crippen LogP contribution in [0.15, 0.2) is 0 Å². The summed E-state index contributed by atoms with van der Waals surface area (Å²) in [7, 11) is -0.637. The predicted octanol–water partition coefficient (Wildman–Crippen LogP) is 3.00. The molecule has 0 aliphatic rings. The van der Waals surface area contributed by atoms with E-state index in [9.17, 15) is 0 Å². The molecule has 48 valence electrons. The summed E-state index contributed by atoms with van der Waals surface area (Å²) in [4.78, 5) is 0. The van der Waals surface area contributed by atoms with E-state index in [1.165, 1.54) is 0 Å². The summed E-state index contributed by atoms with van der Waals surface area (Å²) in [5, 5.41) is 0. The van der Waals surface area contributed by atoms with Crippen LogP contribution >= 0.6 is 0 Å². The number of hydrogen-bond acceptors (Lipinski definition) is 0. The fourth-order valence-electron chi connectivity index (χ4n) is 1.22. The molecule has 0 heterocycles. The van der Waals surface area contributed by atoms with Gasteiger partial charge in [-0.3, -0.25) is 0 Å². The molecule has 2 heteroatoms. The fourth-order valence-corrected chi connectivity index (χ4v) is 15.1. The van der Waals surface area contributed by atoms with Crippen LogP contribution in [0.4, 0.5) is 0 Å². The number of hydrogen-bond donors (Lipinski definition) is 0. The third kappa shape index (κ3) is 7.09. The first-order valence-corrected chi connectivity index (χ1v) is 12.0. The van der Waals surface area contributed by atoms with Gasteiger partial charge >= 0.3 is 62.3 Å². The molecule has 0 aliphatic heterocycles. The zero-order valence-corrected chi connectivity index (χ0v) is 9.59. The van der Waals surface area contributed by atoms with Gasteiger partial charge in [0.1, 0.15) is 0 Å². The second kappa shape index (κ2) is 3.30. The average Bonchev–Trinajstić information content (AvgIpc) is 1.21. The van der Waals surface area contributed by atoms with E-state index < -0.39 is 29.5 Å². The summed E-state index contributed by atoms with van der Waals surface area (Å²) >= 11 is -0.632. The van der Waals surface area contributed by atoms with Crippen molar-refractivity contribution in [3.63, 3.8) is 0 Å². The molecule has 0 saturated carbocycles. The summed E-state index contributed by atoms with van der Waals surface area (Å²) in [6, 6.07) is 0. The molecule has 0 spiro atoms. The predicted molar refractivity (Wildman–Crippen MR) is 39.9 cm³/mol. The van der Waals surface area contributed by atoms with Gasteiger partial charge in [-0.25, -0.2) is 0 Å². The van der Waals surface area contributed by atoms with E-state index in [4.69, 9.17) is 0 Å². The molecule has 0 nitrogen and oxygen atoms in total. The zero-order valence-electron chi connectivity index (χ0n) is 6.78. The van der Waals surface area contributed by atoms with E-state index in [2.05, 4.69) is 29.0 Å². The Hall–Kier alpha value is 1.09. The van der Waals surface area contributed by atoms with Crippen molar-refractivity contribution in [1.29, 1.82) is 0 Å². The Labute approximate surface area is 62.2 Å². The monoisotopic (exact) mass is 162 g/mol. The van der Waals surface area contributed by atoms with Gasteiger partial charge in [0.05, 0.1) is 0 Å². The van der Waals surface area contributed by atoms with Crippen LogP contribution in [0.1, 0.15) is 0 Å². The summed E-state index contributed by atoms with van der Waals surface area (Å²) in [5.74, 6) is 0. The standard InChI is InChI=1S/C4H11Si.2CH3.Sc/c1-5(2,3)4;;;/h1H2,2-4H3;2*1H3;. The van der Waals surface area contributed by atoms with E-state index in [-0.39, 0.29) is 0 Å². The first-order valence-electron chi connectivity index (χ1n) is 3.42. The van der Waals surface area contributed by atoms with Gasteiger partial charge in [0.25, 0.3) is 0 Å². The molecule has 0 N–H and O–H groups in total. The Kier molecular flexibility index (Phi) is 3.75. The quantitative estimate of drug-likeness (QED) is 0.547. The summed E-state index contributed by atoms with van der Waals surface area (Å²) in [6.07, 6.45) is 0. The van der Waals surface area contributed by atoms with Crippen molar-refractivity contribution in [3.05, 3.63) is 0 Å². The molecule has 0 amide bonds. The molecule has 0 fully saturated rings. The van der Waals surface area contributed by atoms with Crippen molar-refractivity contribution in [1.82, 2.24) is 0 Å². The van der Waals surface area contributed by atoms with Gasteiger partial charge in [0.15, 0.2) is 0 Å². The van der Waals surface area contributed by atoms with Crippen LogP contribution in [0, 0.1) is 0 Å².